The zero-order valence-electron chi connectivity index (χ0n) is 12.7. The van der Waals surface area contributed by atoms with Crippen LogP contribution in [0.5, 0.6) is 0 Å². The lowest BCUT2D eigenvalue weighted by atomic mass is 9.90. The highest BCUT2D eigenvalue weighted by molar-refractivity contribution is 6.52. The molecule has 4 nitrogen and oxygen atoms in total. The second-order valence-corrected chi connectivity index (χ2v) is 5.99. The second kappa shape index (κ2) is 4.65. The summed E-state index contributed by atoms with van der Waals surface area (Å²) in [5.74, 6) is 0.160. The molecular formula is C17H18N2O2. The number of carbonyl (C=O) groups excluding carboxylic acids is 2. The molecule has 1 aliphatic carbocycles. The third kappa shape index (κ3) is 1.86. The van der Waals surface area contributed by atoms with Crippen LogP contribution in [0.3, 0.4) is 0 Å². The van der Waals surface area contributed by atoms with E-state index in [1.165, 1.54) is 0 Å². The Bertz CT molecular complexity index is 754. The molecule has 0 radical (unpaired) electrons. The van der Waals surface area contributed by atoms with Crippen molar-refractivity contribution in [2.45, 2.75) is 39.7 Å². The molecule has 108 valence electrons. The number of nitrogens with zero attached hydrogens (tertiary/aromatic N) is 2. The van der Waals surface area contributed by atoms with Crippen molar-refractivity contribution in [2.24, 2.45) is 0 Å². The van der Waals surface area contributed by atoms with E-state index in [0.29, 0.717) is 17.0 Å². The number of hydrogen-bond acceptors (Lipinski definition) is 3. The number of aromatic nitrogens is 2. The number of carbonyl (C=O) groups is 2. The first-order chi connectivity index (χ1) is 9.93. The van der Waals surface area contributed by atoms with Crippen LogP contribution in [0.15, 0.2) is 24.3 Å². The van der Waals surface area contributed by atoms with Crippen molar-refractivity contribution in [3.63, 3.8) is 0 Å². The Morgan fingerprint density at radius 3 is 2.14 bits per heavy atom. The largest absolute Gasteiger partial charge is 0.322 e. The van der Waals surface area contributed by atoms with Gasteiger partial charge in [0.15, 0.2) is 0 Å². The molecule has 4 heteroatoms. The van der Waals surface area contributed by atoms with Gasteiger partial charge in [-0.15, -0.1) is 0 Å². The highest BCUT2D eigenvalue weighted by atomic mass is 16.2. The maximum Gasteiger partial charge on any atom is 0.252 e. The fraction of sp³-hybridized carbons (Fsp3) is 0.353. The summed E-state index contributed by atoms with van der Waals surface area (Å²) in [5.41, 5.74) is 2.31. The number of ketones is 2. The lowest BCUT2D eigenvalue weighted by Gasteiger charge is -2.19. The van der Waals surface area contributed by atoms with Crippen LogP contribution in [0, 0.1) is 0 Å². The summed E-state index contributed by atoms with van der Waals surface area (Å²) in [6.07, 6.45) is 0. The number of Topliss-reactive ketones (excluding diaryl/α,β-unsaturated/α-hetero) is 2. The first kappa shape index (κ1) is 13.7. The topological polar surface area (TPSA) is 52.0 Å². The van der Waals surface area contributed by atoms with Crippen LogP contribution in [0.4, 0.5) is 0 Å². The SMILES string of the molecule is CC(C)c1nc2c(n1C(C)C)C(=O)C(=O)c1ccccc1-2. The van der Waals surface area contributed by atoms with E-state index in [-0.39, 0.29) is 12.0 Å². The lowest BCUT2D eigenvalue weighted by Crippen LogP contribution is -2.25. The maximum atomic E-state index is 12.5. The van der Waals surface area contributed by atoms with Crippen molar-refractivity contribution in [1.82, 2.24) is 9.55 Å². The van der Waals surface area contributed by atoms with E-state index in [0.717, 1.165) is 11.4 Å². The van der Waals surface area contributed by atoms with Gasteiger partial charge >= 0.3 is 0 Å². The van der Waals surface area contributed by atoms with Crippen LogP contribution in [0.2, 0.25) is 0 Å². The predicted octanol–water partition coefficient (Wildman–Crippen LogP) is 3.63. The molecule has 2 aromatic rings. The number of fused-ring (bicyclic) bond motifs is 3. The van der Waals surface area contributed by atoms with Gasteiger partial charge in [0.05, 0.1) is 0 Å². The van der Waals surface area contributed by atoms with E-state index in [4.69, 9.17) is 0 Å². The van der Waals surface area contributed by atoms with Crippen molar-refractivity contribution in [2.75, 3.05) is 0 Å². The summed E-state index contributed by atoms with van der Waals surface area (Å²) in [5, 5.41) is 0. The van der Waals surface area contributed by atoms with Crippen LogP contribution in [0.25, 0.3) is 11.3 Å². The van der Waals surface area contributed by atoms with Crippen LogP contribution < -0.4 is 0 Å². The second-order valence-electron chi connectivity index (χ2n) is 5.99. The number of rotatable bonds is 2. The Hall–Kier alpha value is -2.23. The van der Waals surface area contributed by atoms with E-state index >= 15 is 0 Å². The highest BCUT2D eigenvalue weighted by Crippen LogP contribution is 2.36. The van der Waals surface area contributed by atoms with Crippen LogP contribution in [0.1, 0.15) is 66.3 Å². The van der Waals surface area contributed by atoms with Gasteiger partial charge in [0.2, 0.25) is 5.78 Å². The fourth-order valence-corrected chi connectivity index (χ4v) is 2.90. The number of hydrogen-bond donors (Lipinski definition) is 0. The predicted molar refractivity (Wildman–Crippen MR) is 80.8 cm³/mol. The summed E-state index contributed by atoms with van der Waals surface area (Å²) in [6.45, 7) is 8.11. The van der Waals surface area contributed by atoms with Gasteiger partial charge in [0.25, 0.3) is 5.78 Å². The molecule has 21 heavy (non-hydrogen) atoms. The molecule has 1 aliphatic rings. The van der Waals surface area contributed by atoms with E-state index in [2.05, 4.69) is 4.98 Å². The van der Waals surface area contributed by atoms with Crippen molar-refractivity contribution in [1.29, 1.82) is 0 Å². The molecule has 1 aromatic carbocycles. The quantitative estimate of drug-likeness (QED) is 0.790. The summed E-state index contributed by atoms with van der Waals surface area (Å²) in [6, 6.07) is 7.29. The van der Waals surface area contributed by atoms with Gasteiger partial charge in [0.1, 0.15) is 17.2 Å². The van der Waals surface area contributed by atoms with Gasteiger partial charge in [-0.05, 0) is 13.8 Å². The molecule has 0 amide bonds. The van der Waals surface area contributed by atoms with E-state index in [1.54, 1.807) is 12.1 Å². The smallest absolute Gasteiger partial charge is 0.252 e. The van der Waals surface area contributed by atoms with E-state index in [1.807, 2.05) is 44.4 Å². The molecule has 0 bridgehead atoms. The fourth-order valence-electron chi connectivity index (χ4n) is 2.90. The van der Waals surface area contributed by atoms with Crippen molar-refractivity contribution < 1.29 is 9.59 Å². The molecule has 0 N–H and O–H groups in total. The Balaban J connectivity index is 2.39. The van der Waals surface area contributed by atoms with Crippen molar-refractivity contribution in [3.05, 3.63) is 41.3 Å². The number of benzene rings is 1. The molecule has 0 aliphatic heterocycles. The molecule has 1 heterocycles. The summed E-state index contributed by atoms with van der Waals surface area (Å²) >= 11 is 0. The minimum atomic E-state index is -0.447. The summed E-state index contributed by atoms with van der Waals surface area (Å²) in [7, 11) is 0. The van der Waals surface area contributed by atoms with Crippen molar-refractivity contribution >= 4 is 11.6 Å². The molecule has 0 fully saturated rings. The van der Waals surface area contributed by atoms with Crippen LogP contribution >= 0.6 is 0 Å². The lowest BCUT2D eigenvalue weighted by molar-refractivity contribution is 0.0808. The average molecular weight is 282 g/mol. The van der Waals surface area contributed by atoms with Gasteiger partial charge in [0, 0.05) is 23.1 Å². The van der Waals surface area contributed by atoms with Gasteiger partial charge in [-0.25, -0.2) is 4.98 Å². The van der Waals surface area contributed by atoms with E-state index < -0.39 is 11.6 Å². The Labute approximate surface area is 123 Å². The molecule has 0 spiro atoms. The zero-order chi connectivity index (χ0) is 15.3. The minimum absolute atomic E-state index is 0.0839. The van der Waals surface area contributed by atoms with Crippen molar-refractivity contribution in [3.8, 4) is 11.3 Å². The third-order valence-corrected chi connectivity index (χ3v) is 3.82. The Morgan fingerprint density at radius 1 is 0.952 bits per heavy atom. The molecule has 0 unspecified atom stereocenters. The monoisotopic (exact) mass is 282 g/mol. The molecule has 0 saturated heterocycles. The first-order valence-electron chi connectivity index (χ1n) is 7.24. The normalized spacial score (nSPS) is 13.8. The van der Waals surface area contributed by atoms with Gasteiger partial charge < -0.3 is 4.57 Å². The maximum absolute atomic E-state index is 12.5. The zero-order valence-corrected chi connectivity index (χ0v) is 12.7. The summed E-state index contributed by atoms with van der Waals surface area (Å²) in [4.78, 5) is 29.6. The Morgan fingerprint density at radius 2 is 1.57 bits per heavy atom. The standard InChI is InChI=1S/C17H18N2O2/c1-9(2)17-18-13-11-7-5-6-8-12(11)15(20)16(21)14(13)19(17)10(3)4/h5-10H,1-4H3. The first-order valence-corrected chi connectivity index (χ1v) is 7.24. The van der Waals surface area contributed by atoms with Crippen LogP contribution in [-0.4, -0.2) is 21.1 Å². The van der Waals surface area contributed by atoms with Gasteiger partial charge in [-0.1, -0.05) is 38.1 Å². The molecule has 0 saturated carbocycles. The third-order valence-electron chi connectivity index (χ3n) is 3.82. The van der Waals surface area contributed by atoms with Gasteiger partial charge in [-0.2, -0.15) is 0 Å². The minimum Gasteiger partial charge on any atom is -0.322 e. The molecular weight excluding hydrogens is 264 g/mol. The summed E-state index contributed by atoms with van der Waals surface area (Å²) < 4.78 is 1.91. The number of imidazole rings is 1. The van der Waals surface area contributed by atoms with Crippen LogP contribution in [-0.2, 0) is 0 Å². The average Bonchev–Trinajstić information content (AvgIpc) is 2.86. The Kier molecular flexibility index (Phi) is 3.04. The van der Waals surface area contributed by atoms with E-state index in [9.17, 15) is 9.59 Å². The van der Waals surface area contributed by atoms with Gasteiger partial charge in [-0.3, -0.25) is 9.59 Å². The highest BCUT2D eigenvalue weighted by Gasteiger charge is 2.36. The molecule has 3 rings (SSSR count). The molecule has 1 aromatic heterocycles. The molecule has 0 atom stereocenters.